The van der Waals surface area contributed by atoms with E-state index in [0.717, 1.165) is 19.3 Å². The Bertz CT molecular complexity index is 474. The summed E-state index contributed by atoms with van der Waals surface area (Å²) in [4.78, 5) is 11.4. The Morgan fingerprint density at radius 3 is 2.52 bits per heavy atom. The number of hydrogen-bond donors (Lipinski definition) is 2. The van der Waals surface area contributed by atoms with E-state index in [4.69, 9.17) is 0 Å². The molecule has 0 aromatic heterocycles. The first-order valence-corrected chi connectivity index (χ1v) is 7.58. The van der Waals surface area contributed by atoms with Crippen molar-refractivity contribution in [2.75, 3.05) is 0 Å². The Balaban J connectivity index is 2.43. The molecule has 0 heterocycles. The number of amides is 1. The molecule has 1 aromatic rings. The number of aromatic hydroxyl groups is 1. The second kappa shape index (κ2) is 7.87. The normalized spacial score (nSPS) is 13.3. The van der Waals surface area contributed by atoms with Gasteiger partial charge >= 0.3 is 0 Å². The van der Waals surface area contributed by atoms with Gasteiger partial charge in [0.25, 0.3) is 0 Å². The van der Waals surface area contributed by atoms with Crippen LogP contribution in [0.5, 0.6) is 5.75 Å². The van der Waals surface area contributed by atoms with Crippen LogP contribution in [0.2, 0.25) is 0 Å². The minimum Gasteiger partial charge on any atom is -0.508 e. The molecule has 0 radical (unpaired) electrons. The molecule has 1 amide bonds. The fourth-order valence-electron chi connectivity index (χ4n) is 2.42. The average molecular weight is 289 g/mol. The third kappa shape index (κ3) is 6.03. The first-order valence-electron chi connectivity index (χ1n) is 7.58. The summed E-state index contributed by atoms with van der Waals surface area (Å²) in [5.41, 5.74) is 1.30. The number of carbonyl (C=O) groups is 1. The molecule has 1 rings (SSSR count). The minimum absolute atomic E-state index is 0.0252. The molecule has 0 aliphatic carbocycles. The molecule has 0 bridgehead atoms. The molecule has 0 fully saturated rings. The van der Waals surface area contributed by atoms with Crippen LogP contribution in [0.25, 0.3) is 0 Å². The number of carbonyl (C=O) groups excluding carboxylic acids is 1. The highest BCUT2D eigenvalue weighted by molar-refractivity contribution is 5.87. The van der Waals surface area contributed by atoms with Gasteiger partial charge in [-0.3, -0.25) is 4.79 Å². The lowest BCUT2D eigenvalue weighted by molar-refractivity contribution is -0.117. The maximum atomic E-state index is 11.4. The topological polar surface area (TPSA) is 49.3 Å². The lowest BCUT2D eigenvalue weighted by Crippen LogP contribution is -2.31. The quantitative estimate of drug-likeness (QED) is 0.747. The van der Waals surface area contributed by atoms with Crippen molar-refractivity contribution in [3.8, 4) is 5.75 Å². The lowest BCUT2D eigenvalue weighted by atomic mass is 9.80. The smallest absolute Gasteiger partial charge is 0.243 e. The second-order valence-corrected chi connectivity index (χ2v) is 6.23. The third-order valence-electron chi connectivity index (χ3n) is 3.79. The van der Waals surface area contributed by atoms with Crippen molar-refractivity contribution < 1.29 is 9.90 Å². The Hall–Kier alpha value is -1.77. The number of nitrogens with one attached hydrogen (secondary N) is 1. The van der Waals surface area contributed by atoms with Crippen LogP contribution in [0.15, 0.2) is 36.4 Å². The first-order chi connectivity index (χ1) is 9.85. The zero-order valence-electron chi connectivity index (χ0n) is 13.5. The zero-order chi connectivity index (χ0) is 15.9. The van der Waals surface area contributed by atoms with E-state index in [1.807, 2.05) is 26.0 Å². The van der Waals surface area contributed by atoms with Crippen LogP contribution in [0, 0.1) is 0 Å². The molecular formula is C18H27NO2. The van der Waals surface area contributed by atoms with Gasteiger partial charge in [-0.15, -0.1) is 0 Å². The van der Waals surface area contributed by atoms with Crippen molar-refractivity contribution in [2.45, 2.75) is 58.4 Å². The number of allylic oxidation sites excluding steroid dienone is 1. The maximum absolute atomic E-state index is 11.4. The highest BCUT2D eigenvalue weighted by Crippen LogP contribution is 2.30. The molecule has 3 heteroatoms. The molecule has 0 aliphatic heterocycles. The molecule has 0 aliphatic rings. The Kier molecular flexibility index (Phi) is 6.47. The number of hydrogen-bond acceptors (Lipinski definition) is 2. The zero-order valence-corrected chi connectivity index (χ0v) is 13.5. The van der Waals surface area contributed by atoms with Crippen molar-refractivity contribution in [2.24, 2.45) is 0 Å². The van der Waals surface area contributed by atoms with E-state index in [-0.39, 0.29) is 17.4 Å². The van der Waals surface area contributed by atoms with Gasteiger partial charge in [0.05, 0.1) is 0 Å². The monoisotopic (exact) mass is 289 g/mol. The second-order valence-electron chi connectivity index (χ2n) is 6.23. The van der Waals surface area contributed by atoms with Gasteiger partial charge in [0.2, 0.25) is 5.91 Å². The van der Waals surface area contributed by atoms with E-state index in [1.165, 1.54) is 5.56 Å². The van der Waals surface area contributed by atoms with Gasteiger partial charge in [0, 0.05) is 6.04 Å². The molecule has 1 unspecified atom stereocenters. The van der Waals surface area contributed by atoms with Crippen molar-refractivity contribution in [1.82, 2.24) is 5.32 Å². The van der Waals surface area contributed by atoms with Gasteiger partial charge in [0.15, 0.2) is 0 Å². The summed E-state index contributed by atoms with van der Waals surface area (Å²) < 4.78 is 0. The number of benzene rings is 1. The molecule has 3 nitrogen and oxygen atoms in total. The van der Waals surface area contributed by atoms with Gasteiger partial charge in [0.1, 0.15) is 5.75 Å². The van der Waals surface area contributed by atoms with Crippen LogP contribution in [-0.4, -0.2) is 17.1 Å². The van der Waals surface area contributed by atoms with Crippen LogP contribution >= 0.6 is 0 Å². The molecule has 1 atom stereocenters. The molecule has 0 spiro atoms. The SMILES string of the molecule is CC=CC(=O)NC(C)CCCC(C)(C)c1ccc(O)cc1. The van der Waals surface area contributed by atoms with E-state index in [1.54, 1.807) is 24.3 Å². The molecular weight excluding hydrogens is 262 g/mol. The van der Waals surface area contributed by atoms with Crippen LogP contribution in [0.4, 0.5) is 0 Å². The van der Waals surface area contributed by atoms with Crippen molar-refractivity contribution >= 4 is 5.91 Å². The van der Waals surface area contributed by atoms with Crippen molar-refractivity contribution in [1.29, 1.82) is 0 Å². The predicted octanol–water partition coefficient (Wildman–Crippen LogP) is 3.92. The minimum atomic E-state index is -0.0252. The molecule has 116 valence electrons. The van der Waals surface area contributed by atoms with Gasteiger partial charge in [-0.25, -0.2) is 0 Å². The Labute approximate surface area is 128 Å². The number of rotatable bonds is 7. The van der Waals surface area contributed by atoms with E-state index in [2.05, 4.69) is 19.2 Å². The van der Waals surface area contributed by atoms with E-state index in [9.17, 15) is 9.90 Å². The fourth-order valence-corrected chi connectivity index (χ4v) is 2.42. The summed E-state index contributed by atoms with van der Waals surface area (Å²) in [5.74, 6) is 0.276. The summed E-state index contributed by atoms with van der Waals surface area (Å²) in [7, 11) is 0. The van der Waals surface area contributed by atoms with Crippen molar-refractivity contribution in [3.05, 3.63) is 42.0 Å². The van der Waals surface area contributed by atoms with Crippen molar-refractivity contribution in [3.63, 3.8) is 0 Å². The van der Waals surface area contributed by atoms with Crippen LogP contribution in [0.1, 0.15) is 52.5 Å². The standard InChI is InChI=1S/C18H27NO2/c1-5-7-17(21)19-14(2)8-6-13-18(3,4)15-9-11-16(20)12-10-15/h5,7,9-12,14,20H,6,8,13H2,1-4H3,(H,19,21). The Morgan fingerprint density at radius 2 is 1.95 bits per heavy atom. The summed E-state index contributed by atoms with van der Waals surface area (Å²) >= 11 is 0. The summed E-state index contributed by atoms with van der Waals surface area (Å²) in [6.45, 7) is 8.30. The molecule has 0 saturated heterocycles. The van der Waals surface area contributed by atoms with Gasteiger partial charge in [-0.2, -0.15) is 0 Å². The van der Waals surface area contributed by atoms with E-state index >= 15 is 0 Å². The van der Waals surface area contributed by atoms with E-state index < -0.39 is 0 Å². The summed E-state index contributed by atoms with van der Waals surface area (Å²) in [6, 6.07) is 7.61. The van der Waals surface area contributed by atoms with Gasteiger partial charge < -0.3 is 10.4 Å². The number of phenols is 1. The van der Waals surface area contributed by atoms with Crippen LogP contribution in [-0.2, 0) is 10.2 Å². The average Bonchev–Trinajstić information content (AvgIpc) is 2.39. The molecule has 1 aromatic carbocycles. The molecule has 2 N–H and O–H groups in total. The Morgan fingerprint density at radius 1 is 1.33 bits per heavy atom. The summed E-state index contributed by atoms with van der Waals surface area (Å²) in [6.07, 6.45) is 6.35. The van der Waals surface area contributed by atoms with Gasteiger partial charge in [-0.1, -0.05) is 38.5 Å². The highest BCUT2D eigenvalue weighted by atomic mass is 16.3. The largest absolute Gasteiger partial charge is 0.508 e. The first kappa shape index (κ1) is 17.3. The molecule has 0 saturated carbocycles. The predicted molar refractivity (Wildman–Crippen MR) is 87.4 cm³/mol. The lowest BCUT2D eigenvalue weighted by Gasteiger charge is -2.26. The van der Waals surface area contributed by atoms with E-state index in [0.29, 0.717) is 5.75 Å². The van der Waals surface area contributed by atoms with Crippen LogP contribution < -0.4 is 5.32 Å². The van der Waals surface area contributed by atoms with Gasteiger partial charge in [-0.05, 0) is 55.9 Å². The third-order valence-corrected chi connectivity index (χ3v) is 3.79. The van der Waals surface area contributed by atoms with Crippen LogP contribution in [0.3, 0.4) is 0 Å². The maximum Gasteiger partial charge on any atom is 0.243 e. The highest BCUT2D eigenvalue weighted by Gasteiger charge is 2.20. The molecule has 21 heavy (non-hydrogen) atoms. The fraction of sp³-hybridized carbons (Fsp3) is 0.500. The number of phenolic OH excluding ortho intramolecular Hbond substituents is 1. The summed E-state index contributed by atoms with van der Waals surface area (Å²) in [5, 5.41) is 12.3.